The third-order valence-corrected chi connectivity index (χ3v) is 2.67. The molecule has 0 amide bonds. The van der Waals surface area contributed by atoms with Gasteiger partial charge >= 0.3 is 0 Å². The molecule has 1 atom stereocenters. The van der Waals surface area contributed by atoms with Gasteiger partial charge in [-0.25, -0.2) is 0 Å². The summed E-state index contributed by atoms with van der Waals surface area (Å²) in [4.78, 5) is 10.9. The van der Waals surface area contributed by atoms with Crippen molar-refractivity contribution in [2.24, 2.45) is 11.8 Å². The predicted molar refractivity (Wildman–Crippen MR) is 66.9 cm³/mol. The first-order valence-corrected chi connectivity index (χ1v) is 6.26. The number of carbonyl (C=O) groups is 1. The highest BCUT2D eigenvalue weighted by Gasteiger charge is 2.02. The molecule has 0 bridgehead atoms. The second-order valence-corrected chi connectivity index (χ2v) is 4.91. The van der Waals surface area contributed by atoms with Gasteiger partial charge in [0.15, 0.2) is 0 Å². The van der Waals surface area contributed by atoms with Crippen molar-refractivity contribution in [2.45, 2.75) is 59.8 Å². The van der Waals surface area contributed by atoms with Gasteiger partial charge in [-0.2, -0.15) is 0 Å². The van der Waals surface area contributed by atoms with Gasteiger partial charge in [0, 0.05) is 0 Å². The van der Waals surface area contributed by atoms with Crippen molar-refractivity contribution >= 4 is 6.29 Å². The van der Waals surface area contributed by atoms with Gasteiger partial charge in [0.2, 0.25) is 0 Å². The summed E-state index contributed by atoms with van der Waals surface area (Å²) in [5.74, 6) is 1.23. The van der Waals surface area contributed by atoms with E-state index in [2.05, 4.69) is 33.8 Å². The third-order valence-electron chi connectivity index (χ3n) is 2.67. The molecule has 0 spiro atoms. The zero-order valence-electron chi connectivity index (χ0n) is 10.8. The average Bonchev–Trinajstić information content (AvgIpc) is 2.20. The highest BCUT2D eigenvalue weighted by Crippen LogP contribution is 2.15. The number of allylic oxidation sites excluding steroid dienone is 2. The van der Waals surface area contributed by atoms with Gasteiger partial charge in [-0.1, -0.05) is 46.6 Å². The van der Waals surface area contributed by atoms with Crippen molar-refractivity contribution < 1.29 is 4.79 Å². The zero-order valence-corrected chi connectivity index (χ0v) is 10.8. The van der Waals surface area contributed by atoms with Crippen molar-refractivity contribution in [3.63, 3.8) is 0 Å². The first kappa shape index (κ1) is 14.4. The maximum Gasteiger partial charge on any atom is 0.145 e. The SMILES string of the molecule is CCCCC(C)C=C(C=O)CCC(C)C. The monoisotopic (exact) mass is 210 g/mol. The first-order valence-electron chi connectivity index (χ1n) is 6.26. The van der Waals surface area contributed by atoms with E-state index in [4.69, 9.17) is 0 Å². The van der Waals surface area contributed by atoms with Gasteiger partial charge < -0.3 is 0 Å². The second-order valence-electron chi connectivity index (χ2n) is 4.91. The molecule has 0 aromatic heterocycles. The number of hydrogen-bond acceptors (Lipinski definition) is 1. The molecule has 0 radical (unpaired) electrons. The molecule has 0 aliphatic heterocycles. The summed E-state index contributed by atoms with van der Waals surface area (Å²) in [5, 5.41) is 0. The predicted octanol–water partition coefficient (Wildman–Crippen LogP) is 4.37. The minimum Gasteiger partial charge on any atom is -0.298 e. The molecule has 15 heavy (non-hydrogen) atoms. The van der Waals surface area contributed by atoms with Crippen molar-refractivity contribution in [3.8, 4) is 0 Å². The van der Waals surface area contributed by atoms with E-state index < -0.39 is 0 Å². The van der Waals surface area contributed by atoms with E-state index in [1.165, 1.54) is 19.3 Å². The lowest BCUT2D eigenvalue weighted by Gasteiger charge is -2.08. The average molecular weight is 210 g/mol. The van der Waals surface area contributed by atoms with Crippen LogP contribution in [0.4, 0.5) is 0 Å². The van der Waals surface area contributed by atoms with Crippen LogP contribution in [0.3, 0.4) is 0 Å². The number of unbranched alkanes of at least 4 members (excludes halogenated alkanes) is 1. The van der Waals surface area contributed by atoms with E-state index in [1.807, 2.05) is 0 Å². The molecular formula is C14H26O. The summed E-state index contributed by atoms with van der Waals surface area (Å²) in [6.45, 7) is 8.80. The molecule has 88 valence electrons. The largest absolute Gasteiger partial charge is 0.298 e. The van der Waals surface area contributed by atoms with Crippen LogP contribution in [0.2, 0.25) is 0 Å². The van der Waals surface area contributed by atoms with Crippen LogP contribution in [0.25, 0.3) is 0 Å². The zero-order chi connectivity index (χ0) is 11.7. The smallest absolute Gasteiger partial charge is 0.145 e. The van der Waals surface area contributed by atoms with Crippen LogP contribution in [-0.4, -0.2) is 6.29 Å². The molecular weight excluding hydrogens is 184 g/mol. The van der Waals surface area contributed by atoms with Gasteiger partial charge in [0.1, 0.15) is 6.29 Å². The van der Waals surface area contributed by atoms with E-state index in [-0.39, 0.29) is 0 Å². The molecule has 1 unspecified atom stereocenters. The van der Waals surface area contributed by atoms with Crippen LogP contribution in [0.1, 0.15) is 59.8 Å². The summed E-state index contributed by atoms with van der Waals surface area (Å²) >= 11 is 0. The third kappa shape index (κ3) is 8.41. The Balaban J connectivity index is 4.01. The lowest BCUT2D eigenvalue weighted by Crippen LogP contribution is -1.96. The molecule has 1 heteroatoms. The molecule has 0 aromatic rings. The normalized spacial score (nSPS) is 14.3. The molecule has 0 aliphatic carbocycles. The Morgan fingerprint density at radius 2 is 1.87 bits per heavy atom. The van der Waals surface area contributed by atoms with Crippen molar-refractivity contribution in [3.05, 3.63) is 11.6 Å². The Morgan fingerprint density at radius 1 is 1.20 bits per heavy atom. The fourth-order valence-corrected chi connectivity index (χ4v) is 1.61. The second kappa shape index (κ2) is 8.70. The van der Waals surface area contributed by atoms with Crippen LogP contribution in [0, 0.1) is 11.8 Å². The van der Waals surface area contributed by atoms with Crippen LogP contribution in [0.5, 0.6) is 0 Å². The van der Waals surface area contributed by atoms with E-state index in [1.54, 1.807) is 0 Å². The molecule has 0 rings (SSSR count). The molecule has 1 nitrogen and oxygen atoms in total. The molecule has 0 saturated heterocycles. The van der Waals surface area contributed by atoms with E-state index in [0.717, 1.165) is 24.7 Å². The summed E-state index contributed by atoms with van der Waals surface area (Å²) < 4.78 is 0. The fourth-order valence-electron chi connectivity index (χ4n) is 1.61. The van der Waals surface area contributed by atoms with Gasteiger partial charge in [-0.15, -0.1) is 0 Å². The Labute approximate surface area is 95.0 Å². The van der Waals surface area contributed by atoms with Crippen molar-refractivity contribution in [1.29, 1.82) is 0 Å². The molecule has 0 fully saturated rings. The summed E-state index contributed by atoms with van der Waals surface area (Å²) in [6.07, 6.45) is 8.95. The summed E-state index contributed by atoms with van der Waals surface area (Å²) in [5.41, 5.74) is 0.993. The quantitative estimate of drug-likeness (QED) is 0.429. The summed E-state index contributed by atoms with van der Waals surface area (Å²) in [7, 11) is 0. The lowest BCUT2D eigenvalue weighted by molar-refractivity contribution is -0.105. The Morgan fingerprint density at radius 3 is 2.33 bits per heavy atom. The van der Waals surface area contributed by atoms with E-state index in [9.17, 15) is 4.79 Å². The molecule has 0 saturated carbocycles. The van der Waals surface area contributed by atoms with Gasteiger partial charge in [0.05, 0.1) is 0 Å². The Bertz CT molecular complexity index is 192. The molecule has 0 N–H and O–H groups in total. The number of rotatable bonds is 8. The van der Waals surface area contributed by atoms with Gasteiger partial charge in [-0.05, 0) is 36.7 Å². The van der Waals surface area contributed by atoms with Crippen molar-refractivity contribution in [1.82, 2.24) is 0 Å². The van der Waals surface area contributed by atoms with Gasteiger partial charge in [0.25, 0.3) is 0 Å². The highest BCUT2D eigenvalue weighted by molar-refractivity contribution is 5.73. The summed E-state index contributed by atoms with van der Waals surface area (Å²) in [6, 6.07) is 0. The van der Waals surface area contributed by atoms with Crippen LogP contribution in [-0.2, 0) is 4.79 Å². The number of hydrogen-bond donors (Lipinski definition) is 0. The molecule has 0 aromatic carbocycles. The molecule has 0 aliphatic rings. The minimum atomic E-state index is 0.553. The Kier molecular flexibility index (Phi) is 8.35. The topological polar surface area (TPSA) is 17.1 Å². The minimum absolute atomic E-state index is 0.553. The first-order chi connectivity index (χ1) is 7.10. The number of aldehydes is 1. The van der Waals surface area contributed by atoms with Crippen LogP contribution < -0.4 is 0 Å². The standard InChI is InChI=1S/C14H26O/c1-5-6-7-13(4)10-14(11-15)9-8-12(2)3/h10-13H,5-9H2,1-4H3. The number of carbonyl (C=O) groups excluding carboxylic acids is 1. The Hall–Kier alpha value is -0.590. The fraction of sp³-hybridized carbons (Fsp3) is 0.786. The maximum absolute atomic E-state index is 10.9. The maximum atomic E-state index is 10.9. The van der Waals surface area contributed by atoms with E-state index >= 15 is 0 Å². The van der Waals surface area contributed by atoms with Gasteiger partial charge in [-0.3, -0.25) is 4.79 Å². The van der Waals surface area contributed by atoms with Crippen LogP contribution >= 0.6 is 0 Å². The van der Waals surface area contributed by atoms with E-state index in [0.29, 0.717) is 11.8 Å². The van der Waals surface area contributed by atoms with Crippen molar-refractivity contribution in [2.75, 3.05) is 0 Å². The highest BCUT2D eigenvalue weighted by atomic mass is 16.1. The molecule has 0 heterocycles. The lowest BCUT2D eigenvalue weighted by atomic mass is 9.97. The van der Waals surface area contributed by atoms with Crippen LogP contribution in [0.15, 0.2) is 11.6 Å².